The maximum absolute atomic E-state index is 10.1. The van der Waals surface area contributed by atoms with Gasteiger partial charge in [0, 0.05) is 12.6 Å². The molecule has 0 spiro atoms. The average molecular weight is 347 g/mol. The van der Waals surface area contributed by atoms with Crippen LogP contribution in [0.4, 0.5) is 0 Å². The van der Waals surface area contributed by atoms with E-state index in [0.29, 0.717) is 13.2 Å². The van der Waals surface area contributed by atoms with Gasteiger partial charge >= 0.3 is 0 Å². The maximum Gasteiger partial charge on any atom is 0.119 e. The van der Waals surface area contributed by atoms with Crippen LogP contribution in [0.15, 0.2) is 48.5 Å². The Hall–Kier alpha value is -1.55. The number of rotatable bonds is 7. The van der Waals surface area contributed by atoms with Gasteiger partial charge in [-0.2, -0.15) is 0 Å². The SMILES string of the molecule is CC(NCC(O)COc1ccc2c(c1)CCC2)c1ccccc1.[Cl-]. The van der Waals surface area contributed by atoms with Crippen LogP contribution >= 0.6 is 0 Å². The number of aryl methyl sites for hydroxylation is 2. The van der Waals surface area contributed by atoms with Gasteiger partial charge in [0.1, 0.15) is 18.5 Å². The molecule has 0 aromatic heterocycles. The number of hydrogen-bond donors (Lipinski definition) is 2. The topological polar surface area (TPSA) is 41.5 Å². The normalized spacial score (nSPS) is 15.2. The molecule has 0 bridgehead atoms. The van der Waals surface area contributed by atoms with E-state index in [0.717, 1.165) is 12.2 Å². The van der Waals surface area contributed by atoms with E-state index in [4.69, 9.17) is 4.74 Å². The Kier molecular flexibility index (Phi) is 7.10. The van der Waals surface area contributed by atoms with E-state index < -0.39 is 6.10 Å². The minimum Gasteiger partial charge on any atom is -1.00 e. The molecule has 2 aromatic rings. The lowest BCUT2D eigenvalue weighted by Gasteiger charge is -2.18. The van der Waals surface area contributed by atoms with E-state index in [1.165, 1.54) is 29.5 Å². The van der Waals surface area contributed by atoms with Crippen molar-refractivity contribution < 1.29 is 22.3 Å². The zero-order chi connectivity index (χ0) is 16.1. The Morgan fingerprint density at radius 1 is 1.08 bits per heavy atom. The average Bonchev–Trinajstić information content (AvgIpc) is 3.06. The first-order valence-corrected chi connectivity index (χ1v) is 8.43. The van der Waals surface area contributed by atoms with Gasteiger partial charge in [-0.15, -0.1) is 0 Å². The highest BCUT2D eigenvalue weighted by Gasteiger charge is 2.13. The number of aliphatic hydroxyl groups excluding tert-OH is 1. The number of halogens is 1. The number of ether oxygens (including phenoxy) is 1. The third-order valence-electron chi connectivity index (χ3n) is 4.47. The van der Waals surface area contributed by atoms with Crippen molar-refractivity contribution in [2.45, 2.75) is 38.3 Å². The van der Waals surface area contributed by atoms with Gasteiger partial charge in [0.15, 0.2) is 0 Å². The van der Waals surface area contributed by atoms with Crippen LogP contribution < -0.4 is 22.5 Å². The standard InChI is InChI=1S/C20H25NO2.ClH/c1-15(16-6-3-2-4-7-16)21-13-19(22)14-23-20-11-10-17-8-5-9-18(17)12-20;/h2-4,6-7,10-12,15,19,21-22H,5,8-9,13-14H2,1H3;1H/p-1. The molecule has 0 amide bonds. The number of hydrogen-bond acceptors (Lipinski definition) is 3. The summed E-state index contributed by atoms with van der Waals surface area (Å²) in [5, 5.41) is 13.5. The third-order valence-corrected chi connectivity index (χ3v) is 4.47. The van der Waals surface area contributed by atoms with Gasteiger partial charge in [0.2, 0.25) is 0 Å². The van der Waals surface area contributed by atoms with E-state index in [2.05, 4.69) is 36.5 Å². The highest BCUT2D eigenvalue weighted by atomic mass is 35.5. The smallest absolute Gasteiger partial charge is 0.119 e. The molecule has 0 saturated heterocycles. The van der Waals surface area contributed by atoms with Crippen LogP contribution in [0.3, 0.4) is 0 Å². The molecule has 2 N–H and O–H groups in total. The molecule has 1 aliphatic carbocycles. The summed E-state index contributed by atoms with van der Waals surface area (Å²) in [6.07, 6.45) is 3.04. The summed E-state index contributed by atoms with van der Waals surface area (Å²) in [5.74, 6) is 0.862. The Morgan fingerprint density at radius 3 is 2.62 bits per heavy atom. The minimum atomic E-state index is -0.519. The second-order valence-corrected chi connectivity index (χ2v) is 6.29. The van der Waals surface area contributed by atoms with Crippen molar-refractivity contribution in [2.24, 2.45) is 0 Å². The van der Waals surface area contributed by atoms with Gasteiger partial charge in [0.05, 0.1) is 0 Å². The molecule has 0 heterocycles. The van der Waals surface area contributed by atoms with Crippen LogP contribution in [0.25, 0.3) is 0 Å². The predicted molar refractivity (Wildman–Crippen MR) is 92.8 cm³/mol. The number of aliphatic hydroxyl groups is 1. The molecule has 0 radical (unpaired) electrons. The summed E-state index contributed by atoms with van der Waals surface area (Å²) in [7, 11) is 0. The molecule has 24 heavy (non-hydrogen) atoms. The Morgan fingerprint density at radius 2 is 1.83 bits per heavy atom. The molecular weight excluding hydrogens is 322 g/mol. The first kappa shape index (κ1) is 18.8. The highest BCUT2D eigenvalue weighted by Crippen LogP contribution is 2.26. The largest absolute Gasteiger partial charge is 1.00 e. The Labute approximate surface area is 150 Å². The van der Waals surface area contributed by atoms with Crippen LogP contribution in [-0.2, 0) is 12.8 Å². The van der Waals surface area contributed by atoms with Crippen molar-refractivity contribution >= 4 is 0 Å². The fraction of sp³-hybridized carbons (Fsp3) is 0.400. The molecule has 3 rings (SSSR count). The zero-order valence-corrected chi connectivity index (χ0v) is 14.8. The summed E-state index contributed by atoms with van der Waals surface area (Å²) in [5.41, 5.74) is 4.06. The zero-order valence-electron chi connectivity index (χ0n) is 14.0. The Bertz CT molecular complexity index is 633. The van der Waals surface area contributed by atoms with Gasteiger partial charge < -0.3 is 27.6 Å². The summed E-state index contributed by atoms with van der Waals surface area (Å²) in [6.45, 7) is 2.93. The minimum absolute atomic E-state index is 0. The van der Waals surface area contributed by atoms with Gasteiger partial charge in [0.25, 0.3) is 0 Å². The lowest BCUT2D eigenvalue weighted by molar-refractivity contribution is -0.00000651. The van der Waals surface area contributed by atoms with E-state index in [1.54, 1.807) is 0 Å². The number of benzene rings is 2. The number of fused-ring (bicyclic) bond motifs is 1. The fourth-order valence-corrected chi connectivity index (χ4v) is 3.06. The summed E-state index contributed by atoms with van der Waals surface area (Å²) in [4.78, 5) is 0. The summed E-state index contributed by atoms with van der Waals surface area (Å²) in [6, 6.07) is 16.7. The first-order chi connectivity index (χ1) is 11.2. The van der Waals surface area contributed by atoms with Crippen LogP contribution in [0.5, 0.6) is 5.75 Å². The van der Waals surface area contributed by atoms with Crippen molar-refractivity contribution in [1.82, 2.24) is 5.32 Å². The monoisotopic (exact) mass is 346 g/mol. The third kappa shape index (κ3) is 4.97. The molecule has 3 nitrogen and oxygen atoms in total. The molecule has 1 aliphatic rings. The summed E-state index contributed by atoms with van der Waals surface area (Å²) >= 11 is 0. The quantitative estimate of drug-likeness (QED) is 0.756. The van der Waals surface area contributed by atoms with E-state index in [1.807, 2.05) is 24.3 Å². The van der Waals surface area contributed by atoms with Gasteiger partial charge in [-0.1, -0.05) is 36.4 Å². The second kappa shape index (κ2) is 9.07. The van der Waals surface area contributed by atoms with E-state index in [9.17, 15) is 5.11 Å². The molecule has 4 heteroatoms. The molecule has 2 unspecified atom stereocenters. The molecular formula is C20H25ClNO2-. The molecule has 2 atom stereocenters. The van der Waals surface area contributed by atoms with Crippen molar-refractivity contribution in [2.75, 3.05) is 13.2 Å². The molecule has 2 aromatic carbocycles. The molecule has 130 valence electrons. The lowest BCUT2D eigenvalue weighted by Crippen LogP contribution is -3.00. The fourth-order valence-electron chi connectivity index (χ4n) is 3.06. The van der Waals surface area contributed by atoms with Gasteiger partial charge in [-0.25, -0.2) is 0 Å². The molecule has 0 fully saturated rings. The van der Waals surface area contributed by atoms with Crippen LogP contribution in [0.2, 0.25) is 0 Å². The van der Waals surface area contributed by atoms with Crippen LogP contribution in [0, 0.1) is 0 Å². The maximum atomic E-state index is 10.1. The predicted octanol–water partition coefficient (Wildman–Crippen LogP) is 0.270. The van der Waals surface area contributed by atoms with Crippen molar-refractivity contribution in [3.8, 4) is 5.75 Å². The van der Waals surface area contributed by atoms with Gasteiger partial charge in [-0.05, 0) is 55.0 Å². The highest BCUT2D eigenvalue weighted by molar-refractivity contribution is 5.38. The second-order valence-electron chi connectivity index (χ2n) is 6.29. The van der Waals surface area contributed by atoms with E-state index >= 15 is 0 Å². The van der Waals surface area contributed by atoms with Crippen molar-refractivity contribution in [1.29, 1.82) is 0 Å². The van der Waals surface area contributed by atoms with Crippen molar-refractivity contribution in [3.05, 3.63) is 65.2 Å². The van der Waals surface area contributed by atoms with Gasteiger partial charge in [-0.3, -0.25) is 0 Å². The summed E-state index contributed by atoms with van der Waals surface area (Å²) < 4.78 is 5.74. The molecule has 0 aliphatic heterocycles. The van der Waals surface area contributed by atoms with Crippen LogP contribution in [0.1, 0.15) is 36.1 Å². The Balaban J connectivity index is 0.00000208. The van der Waals surface area contributed by atoms with Crippen molar-refractivity contribution in [3.63, 3.8) is 0 Å². The van der Waals surface area contributed by atoms with E-state index in [-0.39, 0.29) is 18.4 Å². The van der Waals surface area contributed by atoms with Crippen LogP contribution in [-0.4, -0.2) is 24.4 Å². The number of nitrogens with one attached hydrogen (secondary N) is 1. The first-order valence-electron chi connectivity index (χ1n) is 8.43. The molecule has 0 saturated carbocycles. The lowest BCUT2D eigenvalue weighted by atomic mass is 10.1.